The highest BCUT2D eigenvalue weighted by Crippen LogP contribution is 2.33. The van der Waals surface area contributed by atoms with Gasteiger partial charge in [0.25, 0.3) is 0 Å². The largest absolute Gasteiger partial charge is 0.454 e. The fourth-order valence-corrected chi connectivity index (χ4v) is 2.16. The van der Waals surface area contributed by atoms with Gasteiger partial charge in [-0.25, -0.2) is 4.98 Å². The number of nitrogens with zero attached hydrogens (tertiary/aromatic N) is 4. The molecule has 1 aromatic carbocycles. The van der Waals surface area contributed by atoms with Crippen molar-refractivity contribution >= 4 is 11.8 Å². The normalized spacial score (nSPS) is 12.3. The maximum Gasteiger partial charge on any atom is 0.231 e. The van der Waals surface area contributed by atoms with Crippen LogP contribution in [0, 0.1) is 0 Å². The molecule has 0 amide bonds. The van der Waals surface area contributed by atoms with Gasteiger partial charge in [-0.3, -0.25) is 0 Å². The van der Waals surface area contributed by atoms with Gasteiger partial charge in [0.1, 0.15) is 5.82 Å². The lowest BCUT2D eigenvalue weighted by Crippen LogP contribution is -2.20. The number of hydrogen-bond donors (Lipinski definition) is 0. The molecule has 1 aliphatic rings. The molecule has 0 bridgehead atoms. The molecule has 110 valence electrons. The lowest BCUT2D eigenvalue weighted by atomic mass is 10.2. The monoisotopic (exact) mass is 286 g/mol. The Morgan fingerprint density at radius 3 is 2.71 bits per heavy atom. The Morgan fingerprint density at radius 1 is 1.10 bits per heavy atom. The van der Waals surface area contributed by atoms with Gasteiger partial charge in [0.05, 0.1) is 0 Å². The molecule has 0 atom stereocenters. The average Bonchev–Trinajstić information content (AvgIpc) is 2.95. The van der Waals surface area contributed by atoms with Gasteiger partial charge < -0.3 is 19.3 Å². The molecule has 0 radical (unpaired) electrons. The zero-order chi connectivity index (χ0) is 14.8. The Bertz CT molecular complexity index is 645. The minimum Gasteiger partial charge on any atom is -0.454 e. The van der Waals surface area contributed by atoms with Crippen LogP contribution >= 0.6 is 0 Å². The maximum absolute atomic E-state index is 5.40. The van der Waals surface area contributed by atoms with Crippen molar-refractivity contribution in [1.82, 2.24) is 9.97 Å². The number of fused-ring (bicyclic) bond motifs is 1. The fraction of sp³-hybridized carbons (Fsp3) is 0.333. The average molecular weight is 286 g/mol. The summed E-state index contributed by atoms with van der Waals surface area (Å²) >= 11 is 0. The highest BCUT2D eigenvalue weighted by atomic mass is 16.7. The first-order chi connectivity index (χ1) is 10.1. The third-order valence-corrected chi connectivity index (χ3v) is 3.28. The van der Waals surface area contributed by atoms with Crippen molar-refractivity contribution in [2.24, 2.45) is 0 Å². The van der Waals surface area contributed by atoms with E-state index < -0.39 is 0 Å². The third-order valence-electron chi connectivity index (χ3n) is 3.28. The van der Waals surface area contributed by atoms with Crippen LogP contribution in [0.2, 0.25) is 0 Å². The van der Waals surface area contributed by atoms with Gasteiger partial charge in [0, 0.05) is 33.9 Å². The molecule has 2 aromatic rings. The van der Waals surface area contributed by atoms with E-state index in [-0.39, 0.29) is 0 Å². The lowest BCUT2D eigenvalue weighted by Gasteiger charge is -2.20. The number of rotatable bonds is 4. The fourth-order valence-electron chi connectivity index (χ4n) is 2.16. The lowest BCUT2D eigenvalue weighted by molar-refractivity contribution is 0.174. The van der Waals surface area contributed by atoms with E-state index in [1.165, 1.54) is 0 Å². The Labute approximate surface area is 123 Å². The second kappa shape index (κ2) is 5.47. The molecule has 1 aromatic heterocycles. The molecule has 0 saturated carbocycles. The first-order valence-electron chi connectivity index (χ1n) is 6.73. The van der Waals surface area contributed by atoms with Crippen LogP contribution in [0.25, 0.3) is 0 Å². The van der Waals surface area contributed by atoms with Gasteiger partial charge in [-0.2, -0.15) is 4.98 Å². The van der Waals surface area contributed by atoms with E-state index in [0.29, 0.717) is 12.7 Å². The van der Waals surface area contributed by atoms with Gasteiger partial charge in [-0.15, -0.1) is 0 Å². The minimum absolute atomic E-state index is 0.298. The Hall–Kier alpha value is -2.50. The van der Waals surface area contributed by atoms with Crippen molar-refractivity contribution in [2.75, 3.05) is 37.7 Å². The molecule has 3 rings (SSSR count). The van der Waals surface area contributed by atoms with Crippen LogP contribution in [-0.2, 0) is 6.54 Å². The molecule has 6 nitrogen and oxygen atoms in total. The van der Waals surface area contributed by atoms with Gasteiger partial charge in [-0.05, 0) is 23.8 Å². The molecule has 0 N–H and O–H groups in total. The maximum atomic E-state index is 5.40. The Balaban J connectivity index is 1.77. The second-order valence-corrected chi connectivity index (χ2v) is 5.15. The predicted molar refractivity (Wildman–Crippen MR) is 81.0 cm³/mol. The standard InChI is InChI=1S/C15H18N4O2/c1-18(2)15-16-7-6-14(17-15)19(3)9-11-4-5-12-13(8-11)21-10-20-12/h4-8H,9-10H2,1-3H3. The van der Waals surface area contributed by atoms with E-state index in [0.717, 1.165) is 29.4 Å². The molecule has 0 aliphatic carbocycles. The smallest absolute Gasteiger partial charge is 0.231 e. The summed E-state index contributed by atoms with van der Waals surface area (Å²) < 4.78 is 10.7. The van der Waals surface area contributed by atoms with Crippen LogP contribution in [0.3, 0.4) is 0 Å². The van der Waals surface area contributed by atoms with Crippen LogP contribution in [0.1, 0.15) is 5.56 Å². The summed E-state index contributed by atoms with van der Waals surface area (Å²) in [7, 11) is 5.86. The van der Waals surface area contributed by atoms with E-state index in [1.54, 1.807) is 6.20 Å². The van der Waals surface area contributed by atoms with Crippen LogP contribution in [0.15, 0.2) is 30.5 Å². The molecule has 0 fully saturated rings. The van der Waals surface area contributed by atoms with Gasteiger partial charge in [0.15, 0.2) is 11.5 Å². The van der Waals surface area contributed by atoms with E-state index >= 15 is 0 Å². The molecule has 0 spiro atoms. The molecular weight excluding hydrogens is 268 g/mol. The van der Waals surface area contributed by atoms with Crippen molar-refractivity contribution in [1.29, 1.82) is 0 Å². The summed E-state index contributed by atoms with van der Waals surface area (Å²) in [6.07, 6.45) is 1.77. The Kier molecular flexibility index (Phi) is 3.51. The van der Waals surface area contributed by atoms with E-state index in [2.05, 4.69) is 14.9 Å². The van der Waals surface area contributed by atoms with Gasteiger partial charge in [-0.1, -0.05) is 6.07 Å². The van der Waals surface area contributed by atoms with Crippen molar-refractivity contribution in [2.45, 2.75) is 6.54 Å². The SMILES string of the molecule is CN(C)c1nccc(N(C)Cc2ccc3c(c2)OCO3)n1. The molecular formula is C15H18N4O2. The van der Waals surface area contributed by atoms with Crippen LogP contribution in [0.5, 0.6) is 11.5 Å². The van der Waals surface area contributed by atoms with Crippen molar-refractivity contribution < 1.29 is 9.47 Å². The van der Waals surface area contributed by atoms with Gasteiger partial charge >= 0.3 is 0 Å². The van der Waals surface area contributed by atoms with Crippen LogP contribution < -0.4 is 19.3 Å². The van der Waals surface area contributed by atoms with Crippen molar-refractivity contribution in [3.8, 4) is 11.5 Å². The van der Waals surface area contributed by atoms with Gasteiger partial charge in [0.2, 0.25) is 12.7 Å². The molecule has 0 saturated heterocycles. The summed E-state index contributed by atoms with van der Waals surface area (Å²) in [4.78, 5) is 12.7. The highest BCUT2D eigenvalue weighted by Gasteiger charge is 2.14. The first kappa shape index (κ1) is 13.5. The zero-order valence-electron chi connectivity index (χ0n) is 12.4. The third kappa shape index (κ3) is 2.84. The number of ether oxygens (including phenoxy) is 2. The van der Waals surface area contributed by atoms with E-state index in [4.69, 9.17) is 9.47 Å². The Morgan fingerprint density at radius 2 is 1.90 bits per heavy atom. The molecule has 1 aliphatic heterocycles. The summed E-state index contributed by atoms with van der Waals surface area (Å²) in [5.41, 5.74) is 1.15. The molecule has 6 heteroatoms. The first-order valence-corrected chi connectivity index (χ1v) is 6.73. The van der Waals surface area contributed by atoms with E-state index in [9.17, 15) is 0 Å². The minimum atomic E-state index is 0.298. The van der Waals surface area contributed by atoms with Crippen molar-refractivity contribution in [3.63, 3.8) is 0 Å². The topological polar surface area (TPSA) is 50.7 Å². The number of aromatic nitrogens is 2. The molecule has 21 heavy (non-hydrogen) atoms. The second-order valence-electron chi connectivity index (χ2n) is 5.15. The quantitative estimate of drug-likeness (QED) is 0.855. The zero-order valence-corrected chi connectivity index (χ0v) is 12.4. The van der Waals surface area contributed by atoms with Crippen LogP contribution in [-0.4, -0.2) is 37.9 Å². The summed E-state index contributed by atoms with van der Waals surface area (Å²) in [6.45, 7) is 1.03. The predicted octanol–water partition coefficient (Wildman–Crippen LogP) is 1.91. The number of anilines is 2. The molecule has 0 unspecified atom stereocenters. The number of benzene rings is 1. The number of hydrogen-bond acceptors (Lipinski definition) is 6. The summed E-state index contributed by atoms with van der Waals surface area (Å²) in [5.74, 6) is 3.19. The summed E-state index contributed by atoms with van der Waals surface area (Å²) in [5, 5.41) is 0. The summed E-state index contributed by atoms with van der Waals surface area (Å²) in [6, 6.07) is 7.89. The highest BCUT2D eigenvalue weighted by molar-refractivity contribution is 5.47. The van der Waals surface area contributed by atoms with Crippen molar-refractivity contribution in [3.05, 3.63) is 36.0 Å². The van der Waals surface area contributed by atoms with E-state index in [1.807, 2.05) is 50.3 Å². The molecule has 2 heterocycles. The van der Waals surface area contributed by atoms with Crippen LogP contribution in [0.4, 0.5) is 11.8 Å².